The Balaban J connectivity index is 2.59. The van der Waals surface area contributed by atoms with Gasteiger partial charge < -0.3 is 10.6 Å². The highest BCUT2D eigenvalue weighted by Crippen LogP contribution is 2.38. The Hall–Kier alpha value is -0.640. The van der Waals surface area contributed by atoms with Crippen LogP contribution in [0.5, 0.6) is 0 Å². The minimum atomic E-state index is -0.167. The van der Waals surface area contributed by atoms with Crippen molar-refractivity contribution in [1.29, 1.82) is 0 Å². The molecule has 1 aliphatic carbocycles. The standard InChI is InChI=1S/C10H18N2OS/c1-10(5-3-4-6-10)9(13)12(2)7-8(11)14/h3-7H2,1-2H3,(H2,11,14). The second-order valence-electron chi connectivity index (χ2n) is 4.40. The number of hydrogen-bond donors (Lipinski definition) is 1. The maximum absolute atomic E-state index is 12.0. The highest BCUT2D eigenvalue weighted by molar-refractivity contribution is 7.80. The normalized spacial score (nSPS) is 19.3. The van der Waals surface area contributed by atoms with Crippen LogP contribution in [0.15, 0.2) is 0 Å². The van der Waals surface area contributed by atoms with Crippen LogP contribution in [0.1, 0.15) is 32.6 Å². The molecule has 3 nitrogen and oxygen atoms in total. The summed E-state index contributed by atoms with van der Waals surface area (Å²) in [7, 11) is 1.77. The van der Waals surface area contributed by atoms with E-state index in [2.05, 4.69) is 0 Å². The van der Waals surface area contributed by atoms with E-state index < -0.39 is 0 Å². The Kier molecular flexibility index (Phi) is 3.48. The van der Waals surface area contributed by atoms with Crippen LogP contribution in [0.2, 0.25) is 0 Å². The van der Waals surface area contributed by atoms with Gasteiger partial charge in [-0.2, -0.15) is 0 Å². The van der Waals surface area contributed by atoms with Crippen LogP contribution in [0.25, 0.3) is 0 Å². The van der Waals surface area contributed by atoms with Gasteiger partial charge in [0, 0.05) is 12.5 Å². The molecule has 0 heterocycles. The summed E-state index contributed by atoms with van der Waals surface area (Å²) in [6.07, 6.45) is 4.30. The SMILES string of the molecule is CN(CC(N)=S)C(=O)C1(C)CCCC1. The fourth-order valence-electron chi connectivity index (χ4n) is 2.14. The monoisotopic (exact) mass is 214 g/mol. The van der Waals surface area contributed by atoms with Gasteiger partial charge in [-0.25, -0.2) is 0 Å². The first-order valence-electron chi connectivity index (χ1n) is 4.99. The number of carbonyl (C=O) groups is 1. The summed E-state index contributed by atoms with van der Waals surface area (Å²) in [5.41, 5.74) is 5.24. The molecule has 4 heteroatoms. The van der Waals surface area contributed by atoms with Gasteiger partial charge in [0.2, 0.25) is 5.91 Å². The summed E-state index contributed by atoms with van der Waals surface area (Å²) >= 11 is 4.79. The fourth-order valence-corrected chi connectivity index (χ4v) is 2.33. The second-order valence-corrected chi connectivity index (χ2v) is 4.92. The van der Waals surface area contributed by atoms with Crippen LogP contribution >= 0.6 is 12.2 Å². The molecule has 1 aliphatic rings. The summed E-state index contributed by atoms with van der Waals surface area (Å²) in [4.78, 5) is 14.0. The van der Waals surface area contributed by atoms with Gasteiger partial charge in [-0.3, -0.25) is 4.79 Å². The van der Waals surface area contributed by atoms with Gasteiger partial charge in [-0.05, 0) is 12.8 Å². The third-order valence-electron chi connectivity index (χ3n) is 2.96. The van der Waals surface area contributed by atoms with Crippen LogP contribution in [0.3, 0.4) is 0 Å². The molecule has 0 spiro atoms. The van der Waals surface area contributed by atoms with Gasteiger partial charge in [0.05, 0.1) is 11.5 Å². The van der Waals surface area contributed by atoms with Gasteiger partial charge in [-0.15, -0.1) is 0 Å². The van der Waals surface area contributed by atoms with Crippen molar-refractivity contribution in [2.24, 2.45) is 11.1 Å². The minimum absolute atomic E-state index is 0.167. The molecule has 1 saturated carbocycles. The van der Waals surface area contributed by atoms with Crippen LogP contribution in [-0.2, 0) is 4.79 Å². The third-order valence-corrected chi connectivity index (χ3v) is 3.09. The Labute approximate surface area is 90.6 Å². The number of likely N-dealkylation sites (N-methyl/N-ethyl adjacent to an activating group) is 1. The number of nitrogens with two attached hydrogens (primary N) is 1. The zero-order valence-corrected chi connectivity index (χ0v) is 9.69. The number of hydrogen-bond acceptors (Lipinski definition) is 2. The van der Waals surface area contributed by atoms with Crippen LogP contribution in [0, 0.1) is 5.41 Å². The van der Waals surface area contributed by atoms with Crippen molar-refractivity contribution in [2.45, 2.75) is 32.6 Å². The van der Waals surface area contributed by atoms with Gasteiger partial charge in [0.1, 0.15) is 0 Å². The first kappa shape index (κ1) is 11.4. The number of rotatable bonds is 3. The quantitative estimate of drug-likeness (QED) is 0.721. The highest BCUT2D eigenvalue weighted by Gasteiger charge is 2.37. The number of thiocarbonyl (C=S) groups is 1. The predicted octanol–water partition coefficient (Wildman–Crippen LogP) is 1.31. The molecular formula is C10H18N2OS. The Morgan fingerprint density at radius 1 is 1.50 bits per heavy atom. The van der Waals surface area contributed by atoms with Crippen molar-refractivity contribution >= 4 is 23.1 Å². The van der Waals surface area contributed by atoms with Gasteiger partial charge in [0.15, 0.2) is 0 Å². The Morgan fingerprint density at radius 2 is 2.00 bits per heavy atom. The maximum Gasteiger partial charge on any atom is 0.228 e. The van der Waals surface area contributed by atoms with Crippen molar-refractivity contribution in [2.75, 3.05) is 13.6 Å². The van der Waals surface area contributed by atoms with E-state index in [-0.39, 0.29) is 11.3 Å². The maximum atomic E-state index is 12.0. The molecule has 80 valence electrons. The smallest absolute Gasteiger partial charge is 0.228 e. The number of amides is 1. The largest absolute Gasteiger partial charge is 0.392 e. The van der Waals surface area contributed by atoms with Crippen molar-refractivity contribution in [1.82, 2.24) is 4.90 Å². The highest BCUT2D eigenvalue weighted by atomic mass is 32.1. The molecule has 0 radical (unpaired) electrons. The molecule has 0 saturated heterocycles. The predicted molar refractivity (Wildman–Crippen MR) is 61.0 cm³/mol. The van der Waals surface area contributed by atoms with Crippen molar-refractivity contribution in [3.05, 3.63) is 0 Å². The number of nitrogens with zero attached hydrogens (tertiary/aromatic N) is 1. The molecule has 0 unspecified atom stereocenters. The van der Waals surface area contributed by atoms with E-state index in [1.807, 2.05) is 6.92 Å². The molecule has 0 bridgehead atoms. The number of carbonyl (C=O) groups excluding carboxylic acids is 1. The average molecular weight is 214 g/mol. The molecule has 2 N–H and O–H groups in total. The third kappa shape index (κ3) is 2.44. The lowest BCUT2D eigenvalue weighted by Crippen LogP contribution is -2.42. The van der Waals surface area contributed by atoms with Gasteiger partial charge >= 0.3 is 0 Å². The van der Waals surface area contributed by atoms with Gasteiger partial charge in [-0.1, -0.05) is 32.0 Å². The van der Waals surface area contributed by atoms with E-state index in [1.165, 1.54) is 0 Å². The van der Waals surface area contributed by atoms with Crippen molar-refractivity contribution in [3.8, 4) is 0 Å². The van der Waals surface area contributed by atoms with E-state index in [0.717, 1.165) is 25.7 Å². The molecule has 1 amide bonds. The van der Waals surface area contributed by atoms with Gasteiger partial charge in [0.25, 0.3) is 0 Å². The summed E-state index contributed by atoms with van der Waals surface area (Å²) in [5.74, 6) is 0.183. The fraction of sp³-hybridized carbons (Fsp3) is 0.800. The molecule has 0 aromatic rings. The van der Waals surface area contributed by atoms with Crippen LogP contribution < -0.4 is 5.73 Å². The lowest BCUT2D eigenvalue weighted by atomic mass is 9.87. The molecule has 0 aromatic heterocycles. The molecule has 14 heavy (non-hydrogen) atoms. The van der Waals surface area contributed by atoms with Crippen LogP contribution in [0.4, 0.5) is 0 Å². The summed E-state index contributed by atoms with van der Waals surface area (Å²) in [6, 6.07) is 0. The summed E-state index contributed by atoms with van der Waals surface area (Å²) in [6.45, 7) is 2.43. The summed E-state index contributed by atoms with van der Waals surface area (Å²) < 4.78 is 0. The molecule has 1 fully saturated rings. The lowest BCUT2D eigenvalue weighted by Gasteiger charge is -2.28. The zero-order valence-electron chi connectivity index (χ0n) is 8.88. The van der Waals surface area contributed by atoms with Crippen molar-refractivity contribution in [3.63, 3.8) is 0 Å². The molecule has 0 aliphatic heterocycles. The molecule has 0 atom stereocenters. The molecule has 1 rings (SSSR count). The van der Waals surface area contributed by atoms with E-state index in [4.69, 9.17) is 18.0 Å². The van der Waals surface area contributed by atoms with E-state index in [0.29, 0.717) is 11.5 Å². The molecular weight excluding hydrogens is 196 g/mol. The Bertz CT molecular complexity index is 247. The van der Waals surface area contributed by atoms with Crippen molar-refractivity contribution < 1.29 is 4.79 Å². The van der Waals surface area contributed by atoms with E-state index in [1.54, 1.807) is 11.9 Å². The zero-order chi connectivity index (χ0) is 10.8. The minimum Gasteiger partial charge on any atom is -0.392 e. The first-order chi connectivity index (χ1) is 6.46. The summed E-state index contributed by atoms with van der Waals surface area (Å²) in [5, 5.41) is 0. The van der Waals surface area contributed by atoms with Crippen LogP contribution in [-0.4, -0.2) is 29.4 Å². The lowest BCUT2D eigenvalue weighted by molar-refractivity contribution is -0.138. The van der Waals surface area contributed by atoms with E-state index >= 15 is 0 Å². The topological polar surface area (TPSA) is 46.3 Å². The molecule has 0 aromatic carbocycles. The average Bonchev–Trinajstić information content (AvgIpc) is 2.51. The first-order valence-corrected chi connectivity index (χ1v) is 5.40. The second kappa shape index (κ2) is 4.26. The Morgan fingerprint density at radius 3 is 2.43 bits per heavy atom. The van der Waals surface area contributed by atoms with E-state index in [9.17, 15) is 4.79 Å².